The monoisotopic (exact) mass is 328 g/mol. The molecule has 0 aliphatic carbocycles. The number of hydrogen-bond acceptors (Lipinski definition) is 5. The largest absolute Gasteiger partial charge is 0.394 e. The highest BCUT2D eigenvalue weighted by molar-refractivity contribution is 6.31. The number of aliphatic hydroxyl groups excluding tert-OH is 2. The third kappa shape index (κ3) is 3.75. The SMILES string of the molecule is O=C1CO[C@H](C(=O)NC(CO)CO)[C@@H](c2ccccc2Cl)N1. The number of benzene rings is 1. The molecule has 1 aromatic rings. The van der Waals surface area contributed by atoms with E-state index in [2.05, 4.69) is 10.6 Å². The lowest BCUT2D eigenvalue weighted by Crippen LogP contribution is -2.55. The number of hydrogen-bond donors (Lipinski definition) is 4. The third-order valence-electron chi connectivity index (χ3n) is 3.30. The Kier molecular flexibility index (Phi) is 5.73. The fraction of sp³-hybridized carbons (Fsp3) is 0.429. The fourth-order valence-corrected chi connectivity index (χ4v) is 2.43. The highest BCUT2D eigenvalue weighted by atomic mass is 35.5. The Morgan fingerprint density at radius 2 is 2.09 bits per heavy atom. The molecule has 0 spiro atoms. The number of morpholine rings is 1. The first-order chi connectivity index (χ1) is 10.6. The van der Waals surface area contributed by atoms with E-state index in [1.165, 1.54) is 0 Å². The maximum absolute atomic E-state index is 12.3. The second kappa shape index (κ2) is 7.55. The molecule has 0 radical (unpaired) electrons. The first-order valence-corrected chi connectivity index (χ1v) is 7.12. The summed E-state index contributed by atoms with van der Waals surface area (Å²) >= 11 is 6.12. The molecule has 2 rings (SSSR count). The van der Waals surface area contributed by atoms with Crippen molar-refractivity contribution in [2.24, 2.45) is 0 Å². The summed E-state index contributed by atoms with van der Waals surface area (Å²) in [6, 6.07) is 5.28. The fourth-order valence-electron chi connectivity index (χ4n) is 2.18. The zero-order valence-corrected chi connectivity index (χ0v) is 12.4. The van der Waals surface area contributed by atoms with Crippen molar-refractivity contribution in [2.45, 2.75) is 18.2 Å². The highest BCUT2D eigenvalue weighted by Crippen LogP contribution is 2.28. The van der Waals surface area contributed by atoms with E-state index < -0.39 is 37.3 Å². The van der Waals surface area contributed by atoms with Gasteiger partial charge in [-0.2, -0.15) is 0 Å². The summed E-state index contributed by atoms with van der Waals surface area (Å²) in [5.41, 5.74) is 0.557. The summed E-state index contributed by atoms with van der Waals surface area (Å²) in [5, 5.41) is 23.6. The van der Waals surface area contributed by atoms with Crippen molar-refractivity contribution in [2.75, 3.05) is 19.8 Å². The van der Waals surface area contributed by atoms with Gasteiger partial charge in [0.15, 0.2) is 6.10 Å². The predicted octanol–water partition coefficient (Wildman–Crippen LogP) is -0.634. The van der Waals surface area contributed by atoms with Crippen LogP contribution in [0.25, 0.3) is 0 Å². The number of carbonyl (C=O) groups excluding carboxylic acids is 2. The number of amides is 2. The highest BCUT2D eigenvalue weighted by Gasteiger charge is 2.37. The first-order valence-electron chi connectivity index (χ1n) is 6.74. The molecule has 4 N–H and O–H groups in total. The van der Waals surface area contributed by atoms with Crippen LogP contribution in [-0.2, 0) is 14.3 Å². The zero-order chi connectivity index (χ0) is 16.1. The molecule has 1 fully saturated rings. The maximum atomic E-state index is 12.3. The Labute approximate surface area is 132 Å². The molecule has 1 aliphatic heterocycles. The van der Waals surface area contributed by atoms with Gasteiger partial charge in [0, 0.05) is 5.02 Å². The molecule has 1 saturated heterocycles. The van der Waals surface area contributed by atoms with E-state index in [9.17, 15) is 9.59 Å². The van der Waals surface area contributed by atoms with Crippen LogP contribution in [0.2, 0.25) is 5.02 Å². The van der Waals surface area contributed by atoms with E-state index in [1.54, 1.807) is 24.3 Å². The van der Waals surface area contributed by atoms with Crippen LogP contribution in [0, 0.1) is 0 Å². The van der Waals surface area contributed by atoms with Crippen LogP contribution in [-0.4, -0.2) is 54.0 Å². The van der Waals surface area contributed by atoms with Gasteiger partial charge in [-0.05, 0) is 11.6 Å². The summed E-state index contributed by atoms with van der Waals surface area (Å²) in [4.78, 5) is 23.8. The Morgan fingerprint density at radius 1 is 1.41 bits per heavy atom. The molecule has 8 heteroatoms. The Bertz CT molecular complexity index is 550. The minimum absolute atomic E-state index is 0.248. The molecule has 0 aromatic heterocycles. The summed E-state index contributed by atoms with van der Waals surface area (Å²) in [6.45, 7) is -1.06. The minimum atomic E-state index is -1.00. The zero-order valence-electron chi connectivity index (χ0n) is 11.7. The van der Waals surface area contributed by atoms with Gasteiger partial charge >= 0.3 is 0 Å². The van der Waals surface area contributed by atoms with Crippen molar-refractivity contribution in [3.8, 4) is 0 Å². The van der Waals surface area contributed by atoms with Gasteiger partial charge in [-0.3, -0.25) is 9.59 Å². The summed E-state index contributed by atoms with van der Waals surface area (Å²) in [7, 11) is 0. The standard InChI is InChI=1S/C14H17ClN2O5/c15-10-4-2-1-3-9(10)12-13(22-7-11(20)17-12)14(21)16-8(5-18)6-19/h1-4,8,12-13,18-19H,5-7H2,(H,16,21)(H,17,20)/t12-,13+/m1/s1. The first kappa shape index (κ1) is 16.7. The molecule has 1 aromatic carbocycles. The van der Waals surface area contributed by atoms with Crippen LogP contribution in [0.4, 0.5) is 0 Å². The van der Waals surface area contributed by atoms with Crippen molar-refractivity contribution in [1.82, 2.24) is 10.6 Å². The lowest BCUT2D eigenvalue weighted by atomic mass is 9.99. The molecular formula is C14H17ClN2O5. The summed E-state index contributed by atoms with van der Waals surface area (Å²) in [5.74, 6) is -0.896. The quantitative estimate of drug-likeness (QED) is 0.575. The van der Waals surface area contributed by atoms with Gasteiger partial charge in [-0.1, -0.05) is 29.8 Å². The number of rotatable bonds is 5. The summed E-state index contributed by atoms with van der Waals surface area (Å²) < 4.78 is 5.32. The molecule has 7 nitrogen and oxygen atoms in total. The minimum Gasteiger partial charge on any atom is -0.394 e. The van der Waals surface area contributed by atoms with E-state index in [4.69, 9.17) is 26.6 Å². The predicted molar refractivity (Wildman–Crippen MR) is 78.2 cm³/mol. The second-order valence-electron chi connectivity index (χ2n) is 4.87. The Hall–Kier alpha value is -1.67. The molecular weight excluding hydrogens is 312 g/mol. The van der Waals surface area contributed by atoms with Crippen LogP contribution >= 0.6 is 11.6 Å². The molecule has 2 amide bonds. The molecule has 2 atom stereocenters. The van der Waals surface area contributed by atoms with Crippen LogP contribution in [0.1, 0.15) is 11.6 Å². The number of halogens is 1. The number of nitrogens with one attached hydrogen (secondary N) is 2. The van der Waals surface area contributed by atoms with Crippen molar-refractivity contribution >= 4 is 23.4 Å². The van der Waals surface area contributed by atoms with Gasteiger partial charge in [0.2, 0.25) is 5.91 Å². The van der Waals surface area contributed by atoms with Crippen LogP contribution in [0.5, 0.6) is 0 Å². The Morgan fingerprint density at radius 3 is 2.73 bits per heavy atom. The lowest BCUT2D eigenvalue weighted by Gasteiger charge is -2.32. The van der Waals surface area contributed by atoms with Gasteiger partial charge < -0.3 is 25.6 Å². The molecule has 0 unspecified atom stereocenters. The van der Waals surface area contributed by atoms with E-state index in [1.807, 2.05) is 0 Å². The van der Waals surface area contributed by atoms with Crippen LogP contribution in [0.3, 0.4) is 0 Å². The van der Waals surface area contributed by atoms with Crippen molar-refractivity contribution in [1.29, 1.82) is 0 Å². The average molecular weight is 329 g/mol. The van der Waals surface area contributed by atoms with Gasteiger partial charge in [0.25, 0.3) is 5.91 Å². The van der Waals surface area contributed by atoms with E-state index in [0.29, 0.717) is 10.6 Å². The molecule has 0 bridgehead atoms. The van der Waals surface area contributed by atoms with Crippen molar-refractivity contribution in [3.63, 3.8) is 0 Å². The molecule has 1 aliphatic rings. The van der Waals surface area contributed by atoms with E-state index >= 15 is 0 Å². The van der Waals surface area contributed by atoms with Gasteiger partial charge in [0.1, 0.15) is 6.61 Å². The number of carbonyl (C=O) groups is 2. The average Bonchev–Trinajstić information content (AvgIpc) is 2.52. The van der Waals surface area contributed by atoms with Crippen LogP contribution < -0.4 is 10.6 Å². The summed E-state index contributed by atoms with van der Waals surface area (Å²) in [6.07, 6.45) is -1.00. The third-order valence-corrected chi connectivity index (χ3v) is 3.64. The Balaban J connectivity index is 2.22. The maximum Gasteiger partial charge on any atom is 0.252 e. The topological polar surface area (TPSA) is 108 Å². The van der Waals surface area contributed by atoms with Crippen molar-refractivity contribution in [3.05, 3.63) is 34.9 Å². The molecule has 1 heterocycles. The molecule has 0 saturated carbocycles. The van der Waals surface area contributed by atoms with Crippen molar-refractivity contribution < 1.29 is 24.5 Å². The normalized spacial score (nSPS) is 21.5. The number of aliphatic hydroxyl groups is 2. The second-order valence-corrected chi connectivity index (χ2v) is 5.28. The van der Waals surface area contributed by atoms with Crippen LogP contribution in [0.15, 0.2) is 24.3 Å². The van der Waals surface area contributed by atoms with E-state index in [0.717, 1.165) is 0 Å². The molecule has 120 valence electrons. The smallest absolute Gasteiger partial charge is 0.252 e. The lowest BCUT2D eigenvalue weighted by molar-refractivity contribution is -0.148. The number of ether oxygens (including phenoxy) is 1. The molecule has 22 heavy (non-hydrogen) atoms. The van der Waals surface area contributed by atoms with Gasteiger partial charge in [-0.25, -0.2) is 0 Å². The van der Waals surface area contributed by atoms with E-state index in [-0.39, 0.29) is 12.5 Å². The van der Waals surface area contributed by atoms with Gasteiger partial charge in [0.05, 0.1) is 25.3 Å². The van der Waals surface area contributed by atoms with Gasteiger partial charge in [-0.15, -0.1) is 0 Å².